The lowest BCUT2D eigenvalue weighted by Crippen LogP contribution is -2.30. The molecule has 1 heterocycles. The summed E-state index contributed by atoms with van der Waals surface area (Å²) in [7, 11) is 0. The Kier molecular flexibility index (Phi) is 7.92. The van der Waals surface area contributed by atoms with Crippen molar-refractivity contribution in [3.63, 3.8) is 0 Å². The van der Waals surface area contributed by atoms with Crippen LogP contribution in [-0.4, -0.2) is 23.4 Å². The first kappa shape index (κ1) is 27.7. The zero-order valence-electron chi connectivity index (χ0n) is 23.6. The highest BCUT2D eigenvalue weighted by Crippen LogP contribution is 2.44. The summed E-state index contributed by atoms with van der Waals surface area (Å²) >= 11 is 0. The van der Waals surface area contributed by atoms with Gasteiger partial charge in [-0.25, -0.2) is 0 Å². The van der Waals surface area contributed by atoms with Gasteiger partial charge in [-0.3, -0.25) is 14.5 Å². The second kappa shape index (κ2) is 11.7. The van der Waals surface area contributed by atoms with Gasteiger partial charge in [0.05, 0.1) is 18.2 Å². The van der Waals surface area contributed by atoms with Crippen molar-refractivity contribution in [2.75, 3.05) is 11.5 Å². The van der Waals surface area contributed by atoms with Gasteiger partial charge in [-0.1, -0.05) is 62.4 Å². The fraction of sp³-hybridized carbons (Fsp3) is 0.200. The Labute approximate surface area is 240 Å². The predicted octanol–water partition coefficient (Wildman–Crippen LogP) is 7.76. The molecule has 1 fully saturated rings. The molecule has 208 valence electrons. The van der Waals surface area contributed by atoms with Crippen LogP contribution in [0.3, 0.4) is 0 Å². The van der Waals surface area contributed by atoms with Crippen molar-refractivity contribution in [1.29, 1.82) is 0 Å². The number of aliphatic hydroxyl groups excluding tert-OH is 1. The number of ketones is 1. The Morgan fingerprint density at radius 2 is 1.54 bits per heavy atom. The Morgan fingerprint density at radius 3 is 2.24 bits per heavy atom. The number of anilines is 1. The maximum absolute atomic E-state index is 13.6. The van der Waals surface area contributed by atoms with E-state index in [2.05, 4.69) is 13.8 Å². The highest BCUT2D eigenvalue weighted by Gasteiger charge is 2.47. The quantitative estimate of drug-likeness (QED) is 0.139. The topological polar surface area (TPSA) is 76.1 Å². The molecule has 4 aromatic rings. The molecule has 1 aliphatic rings. The third kappa shape index (κ3) is 5.73. The number of rotatable bonds is 8. The van der Waals surface area contributed by atoms with Gasteiger partial charge in [0.25, 0.3) is 11.7 Å². The normalized spacial score (nSPS) is 16.3. The summed E-state index contributed by atoms with van der Waals surface area (Å²) in [6.07, 6.45) is 0. The molecule has 0 aliphatic carbocycles. The minimum atomic E-state index is -0.868. The molecule has 1 amide bonds. The molecule has 0 aromatic heterocycles. The Balaban J connectivity index is 1.63. The minimum absolute atomic E-state index is 0.0189. The van der Waals surface area contributed by atoms with Crippen LogP contribution in [0.1, 0.15) is 42.1 Å². The highest BCUT2D eigenvalue weighted by molar-refractivity contribution is 6.51. The van der Waals surface area contributed by atoms with E-state index >= 15 is 0 Å². The summed E-state index contributed by atoms with van der Waals surface area (Å²) in [5.74, 6) is 0.591. The molecule has 4 aromatic carbocycles. The summed E-state index contributed by atoms with van der Waals surface area (Å²) in [6, 6.07) is 28.4. The lowest BCUT2D eigenvalue weighted by Gasteiger charge is -2.27. The van der Waals surface area contributed by atoms with Crippen LogP contribution in [0.15, 0.2) is 103 Å². The predicted molar refractivity (Wildman–Crippen MR) is 160 cm³/mol. The molecule has 6 nitrogen and oxygen atoms in total. The van der Waals surface area contributed by atoms with E-state index in [4.69, 9.17) is 9.47 Å². The van der Waals surface area contributed by atoms with Gasteiger partial charge in [0.1, 0.15) is 23.0 Å². The monoisotopic (exact) mass is 547 g/mol. The van der Waals surface area contributed by atoms with E-state index in [0.29, 0.717) is 46.6 Å². The molecule has 0 bridgehead atoms. The van der Waals surface area contributed by atoms with Crippen molar-refractivity contribution in [2.24, 2.45) is 5.92 Å². The maximum Gasteiger partial charge on any atom is 0.300 e. The summed E-state index contributed by atoms with van der Waals surface area (Å²) < 4.78 is 12.0. The van der Waals surface area contributed by atoms with Crippen molar-refractivity contribution in [1.82, 2.24) is 0 Å². The average Bonchev–Trinajstić information content (AvgIpc) is 3.22. The van der Waals surface area contributed by atoms with E-state index in [1.165, 1.54) is 4.90 Å². The SMILES string of the molecule is Cc1cc(/C(O)=C2\C(=O)C(=O)N(c3ccccc3C)C2c2cccc(Oc3ccccc3)c2)ccc1OCC(C)C. The van der Waals surface area contributed by atoms with Gasteiger partial charge in [-0.2, -0.15) is 0 Å². The Hall–Kier alpha value is -4.84. The van der Waals surface area contributed by atoms with Gasteiger partial charge >= 0.3 is 0 Å². The number of nitrogens with zero attached hydrogens (tertiary/aromatic N) is 1. The smallest absolute Gasteiger partial charge is 0.300 e. The van der Waals surface area contributed by atoms with Crippen LogP contribution in [0.2, 0.25) is 0 Å². The van der Waals surface area contributed by atoms with Gasteiger partial charge in [0.15, 0.2) is 0 Å². The number of Topliss-reactive ketones (excluding diaryl/α,β-unsaturated/α-hetero) is 1. The molecule has 0 spiro atoms. The lowest BCUT2D eigenvalue weighted by atomic mass is 9.94. The minimum Gasteiger partial charge on any atom is -0.507 e. The van der Waals surface area contributed by atoms with Gasteiger partial charge < -0.3 is 14.6 Å². The van der Waals surface area contributed by atoms with E-state index in [1.54, 1.807) is 24.3 Å². The van der Waals surface area contributed by atoms with E-state index < -0.39 is 17.7 Å². The molecule has 5 rings (SSSR count). The summed E-state index contributed by atoms with van der Waals surface area (Å²) in [5.41, 5.74) is 3.34. The summed E-state index contributed by atoms with van der Waals surface area (Å²) in [5, 5.41) is 11.6. The van der Waals surface area contributed by atoms with Crippen LogP contribution in [-0.2, 0) is 9.59 Å². The number of aliphatic hydroxyl groups is 1. The standard InChI is InChI=1S/C35H33NO5/c1-22(2)21-40-30-18-17-26(19-24(30)4)33(37)31-32(36(35(39)34(31)38)29-16-9-8-11-23(29)3)25-12-10-15-28(20-25)41-27-13-6-5-7-14-27/h5-20,22,32,37H,21H2,1-4H3/b33-31+. The molecule has 1 unspecified atom stereocenters. The number of carbonyl (C=O) groups is 2. The first-order valence-electron chi connectivity index (χ1n) is 13.7. The second-order valence-electron chi connectivity index (χ2n) is 10.6. The molecule has 41 heavy (non-hydrogen) atoms. The fourth-order valence-corrected chi connectivity index (χ4v) is 4.97. The number of carbonyl (C=O) groups excluding carboxylic acids is 2. The van der Waals surface area contributed by atoms with Gasteiger partial charge in [0.2, 0.25) is 0 Å². The summed E-state index contributed by atoms with van der Waals surface area (Å²) in [4.78, 5) is 28.7. The molecular weight excluding hydrogens is 514 g/mol. The number of hydrogen-bond donors (Lipinski definition) is 1. The zero-order chi connectivity index (χ0) is 29.1. The average molecular weight is 548 g/mol. The first-order chi connectivity index (χ1) is 19.7. The van der Waals surface area contributed by atoms with Gasteiger partial charge in [-0.05, 0) is 85.0 Å². The van der Waals surface area contributed by atoms with E-state index in [0.717, 1.165) is 11.1 Å². The molecule has 0 saturated carbocycles. The zero-order valence-corrected chi connectivity index (χ0v) is 23.6. The molecule has 0 radical (unpaired) electrons. The van der Waals surface area contributed by atoms with Crippen molar-refractivity contribution in [2.45, 2.75) is 33.7 Å². The van der Waals surface area contributed by atoms with Gasteiger partial charge in [0, 0.05) is 11.3 Å². The molecule has 1 aliphatic heterocycles. The first-order valence-corrected chi connectivity index (χ1v) is 13.7. The number of hydrogen-bond acceptors (Lipinski definition) is 5. The van der Waals surface area contributed by atoms with Crippen LogP contribution in [0.5, 0.6) is 17.2 Å². The van der Waals surface area contributed by atoms with Crippen LogP contribution in [0, 0.1) is 19.8 Å². The molecule has 1 atom stereocenters. The number of aryl methyl sites for hydroxylation is 2. The molecular formula is C35H33NO5. The van der Waals surface area contributed by atoms with Crippen LogP contribution >= 0.6 is 0 Å². The highest BCUT2D eigenvalue weighted by atomic mass is 16.5. The second-order valence-corrected chi connectivity index (χ2v) is 10.6. The maximum atomic E-state index is 13.6. The van der Waals surface area contributed by atoms with Crippen LogP contribution in [0.4, 0.5) is 5.69 Å². The molecule has 6 heteroatoms. The number of para-hydroxylation sites is 2. The van der Waals surface area contributed by atoms with Crippen molar-refractivity contribution in [3.8, 4) is 17.2 Å². The number of amides is 1. The summed E-state index contributed by atoms with van der Waals surface area (Å²) in [6.45, 7) is 8.49. The van der Waals surface area contributed by atoms with E-state index in [-0.39, 0.29) is 11.3 Å². The molecule has 1 N–H and O–H groups in total. The number of ether oxygens (including phenoxy) is 2. The lowest BCUT2D eigenvalue weighted by molar-refractivity contribution is -0.132. The third-order valence-corrected chi connectivity index (χ3v) is 6.99. The van der Waals surface area contributed by atoms with Crippen molar-refractivity contribution in [3.05, 3.63) is 125 Å². The number of benzene rings is 4. The van der Waals surface area contributed by atoms with Gasteiger partial charge in [-0.15, -0.1) is 0 Å². The Morgan fingerprint density at radius 1 is 0.829 bits per heavy atom. The van der Waals surface area contributed by atoms with E-state index in [1.807, 2.05) is 86.6 Å². The van der Waals surface area contributed by atoms with Crippen LogP contribution in [0.25, 0.3) is 5.76 Å². The van der Waals surface area contributed by atoms with E-state index in [9.17, 15) is 14.7 Å². The van der Waals surface area contributed by atoms with Crippen LogP contribution < -0.4 is 14.4 Å². The Bertz CT molecular complexity index is 1620. The van der Waals surface area contributed by atoms with Crippen molar-refractivity contribution >= 4 is 23.1 Å². The molecule has 1 saturated heterocycles. The fourth-order valence-electron chi connectivity index (χ4n) is 4.97. The largest absolute Gasteiger partial charge is 0.507 e. The third-order valence-electron chi connectivity index (χ3n) is 6.99. The van der Waals surface area contributed by atoms with Crippen molar-refractivity contribution < 1.29 is 24.2 Å².